The second-order valence-corrected chi connectivity index (χ2v) is 10.8. The van der Waals surface area contributed by atoms with Crippen LogP contribution < -0.4 is 20.5 Å². The molecule has 218 valence electrons. The molecule has 12 heteroatoms. The summed E-state index contributed by atoms with van der Waals surface area (Å²) in [4.78, 5) is 32.9. The Kier molecular flexibility index (Phi) is 6.58. The molecule has 0 unspecified atom stereocenters. The number of nitrogens with two attached hydrogens (primary N) is 1. The first-order chi connectivity index (χ1) is 19.9. The van der Waals surface area contributed by atoms with Gasteiger partial charge in [0.05, 0.1) is 17.3 Å². The molecule has 1 fully saturated rings. The molecule has 0 bridgehead atoms. The maximum Gasteiger partial charge on any atom is 0.398 e. The minimum Gasteiger partial charge on any atom is -0.489 e. The fourth-order valence-corrected chi connectivity index (χ4v) is 5.00. The number of aromatic nitrogens is 2. The van der Waals surface area contributed by atoms with Crippen LogP contribution in [0.5, 0.6) is 11.5 Å². The third kappa shape index (κ3) is 5.01. The Hall–Kier alpha value is -4.61. The first-order valence-corrected chi connectivity index (χ1v) is 13.3. The van der Waals surface area contributed by atoms with Crippen molar-refractivity contribution in [3.63, 3.8) is 0 Å². The lowest BCUT2D eigenvalue weighted by atomic mass is 9.82. The number of fused-ring (bicyclic) bond motifs is 2. The zero-order valence-electron chi connectivity index (χ0n) is 22.3. The van der Waals surface area contributed by atoms with Gasteiger partial charge in [0, 0.05) is 34.8 Å². The van der Waals surface area contributed by atoms with Gasteiger partial charge >= 0.3 is 6.18 Å². The summed E-state index contributed by atoms with van der Waals surface area (Å²) in [6.45, 7) is 0.439. The highest BCUT2D eigenvalue weighted by molar-refractivity contribution is 6.00. The van der Waals surface area contributed by atoms with Crippen molar-refractivity contribution in [2.45, 2.75) is 43.4 Å². The van der Waals surface area contributed by atoms with E-state index in [0.717, 1.165) is 31.0 Å². The number of carbonyl (C=O) groups excluding carboxylic acids is 2. The Balaban J connectivity index is 1.36. The predicted octanol–water partition coefficient (Wildman–Crippen LogP) is 5.12. The van der Waals surface area contributed by atoms with Crippen molar-refractivity contribution in [3.05, 3.63) is 77.4 Å². The number of hydrogen-bond donors (Lipinski definition) is 3. The molecule has 0 saturated heterocycles. The van der Waals surface area contributed by atoms with Crippen molar-refractivity contribution < 1.29 is 36.6 Å². The van der Waals surface area contributed by atoms with E-state index in [2.05, 4.69) is 15.3 Å². The van der Waals surface area contributed by atoms with E-state index in [0.29, 0.717) is 16.7 Å². The van der Waals surface area contributed by atoms with Crippen LogP contribution in [0.1, 0.15) is 47.3 Å². The van der Waals surface area contributed by atoms with Gasteiger partial charge in [0.2, 0.25) is 5.91 Å². The molecule has 2 aromatic carbocycles. The van der Waals surface area contributed by atoms with Crippen molar-refractivity contribution in [3.8, 4) is 22.8 Å². The monoisotopic (exact) mass is 582 g/mol. The summed E-state index contributed by atoms with van der Waals surface area (Å²) in [5.74, 6) is -3.76. The van der Waals surface area contributed by atoms with Gasteiger partial charge in [-0.1, -0.05) is 0 Å². The number of aromatic amines is 1. The molecule has 1 aliphatic heterocycles. The van der Waals surface area contributed by atoms with E-state index in [1.54, 1.807) is 18.3 Å². The van der Waals surface area contributed by atoms with Gasteiger partial charge in [-0.3, -0.25) is 9.59 Å². The van der Waals surface area contributed by atoms with Gasteiger partial charge in [0.25, 0.3) is 5.91 Å². The number of H-pyrrole nitrogens is 1. The summed E-state index contributed by atoms with van der Waals surface area (Å²) in [6, 6.07) is 11.0. The average molecular weight is 583 g/mol. The highest BCUT2D eigenvalue weighted by atomic mass is 19.4. The molecular weight excluding hydrogens is 556 g/mol. The van der Waals surface area contributed by atoms with Crippen molar-refractivity contribution in [1.82, 2.24) is 15.3 Å². The average Bonchev–Trinajstić information content (AvgIpc) is 3.50. The zero-order chi connectivity index (χ0) is 29.8. The van der Waals surface area contributed by atoms with Crippen LogP contribution in [-0.4, -0.2) is 47.2 Å². The Morgan fingerprint density at radius 3 is 2.60 bits per heavy atom. The largest absolute Gasteiger partial charge is 0.489 e. The van der Waals surface area contributed by atoms with E-state index in [4.69, 9.17) is 15.2 Å². The molecule has 2 aliphatic rings. The van der Waals surface area contributed by atoms with Gasteiger partial charge in [0.1, 0.15) is 40.9 Å². The number of alkyl halides is 3. The molecule has 1 aliphatic carbocycles. The minimum absolute atomic E-state index is 0.00725. The molecular formula is C30H26F4N4O4. The number of hydrogen-bond acceptors (Lipinski definition) is 5. The number of carbonyl (C=O) groups is 2. The summed E-state index contributed by atoms with van der Waals surface area (Å²) in [5, 5.41) is 3.08. The van der Waals surface area contributed by atoms with Crippen molar-refractivity contribution >= 4 is 22.7 Å². The standard InChI is InChI=1S/C30H26F4N4O4/c1-29(28(35)40)14-41-26-20(29)12-22(38-25(26)15-2-4-18(31)5-3-15)21(30(32,33)34)13-37-27(39)17-10-16-8-9-36-24(16)23(11-17)42-19-6-7-19/h2-5,8-12,19,21,36H,6-7,13-14H2,1H3,(H2,35,40)(H,37,39)/t21-,29+/m1/s1. The molecule has 0 spiro atoms. The first-order valence-electron chi connectivity index (χ1n) is 13.3. The van der Waals surface area contributed by atoms with Crippen LogP contribution in [0, 0.1) is 5.82 Å². The Labute approximate surface area is 237 Å². The van der Waals surface area contributed by atoms with Crippen LogP contribution in [-0.2, 0) is 10.2 Å². The molecule has 2 aromatic heterocycles. The molecule has 8 nitrogen and oxygen atoms in total. The van der Waals surface area contributed by atoms with E-state index in [-0.39, 0.29) is 40.8 Å². The zero-order valence-corrected chi connectivity index (χ0v) is 22.3. The van der Waals surface area contributed by atoms with Gasteiger partial charge in [-0.15, -0.1) is 0 Å². The number of benzene rings is 2. The van der Waals surface area contributed by atoms with Crippen LogP contribution in [0.4, 0.5) is 17.6 Å². The maximum absolute atomic E-state index is 14.5. The van der Waals surface area contributed by atoms with E-state index in [9.17, 15) is 27.2 Å². The molecule has 4 N–H and O–H groups in total. The van der Waals surface area contributed by atoms with Gasteiger partial charge in [-0.2, -0.15) is 13.2 Å². The third-order valence-electron chi connectivity index (χ3n) is 7.68. The van der Waals surface area contributed by atoms with Crippen molar-refractivity contribution in [1.29, 1.82) is 0 Å². The van der Waals surface area contributed by atoms with Gasteiger partial charge in [-0.25, -0.2) is 9.37 Å². The normalized spacial score (nSPS) is 18.8. The number of rotatable bonds is 8. The Bertz CT molecular complexity index is 1700. The summed E-state index contributed by atoms with van der Waals surface area (Å²) in [5.41, 5.74) is 5.03. The minimum atomic E-state index is -4.83. The van der Waals surface area contributed by atoms with Crippen LogP contribution >= 0.6 is 0 Å². The molecule has 1 saturated carbocycles. The number of nitrogens with zero attached hydrogens (tertiary/aromatic N) is 1. The van der Waals surface area contributed by atoms with Crippen LogP contribution in [0.3, 0.4) is 0 Å². The van der Waals surface area contributed by atoms with E-state index in [1.807, 2.05) is 0 Å². The molecule has 0 radical (unpaired) electrons. The van der Waals surface area contributed by atoms with Crippen LogP contribution in [0.25, 0.3) is 22.2 Å². The number of primary amides is 1. The third-order valence-corrected chi connectivity index (χ3v) is 7.68. The number of ether oxygens (including phenoxy) is 2. The van der Waals surface area contributed by atoms with Crippen molar-refractivity contribution in [2.24, 2.45) is 5.73 Å². The van der Waals surface area contributed by atoms with Gasteiger partial charge in [0.15, 0.2) is 0 Å². The summed E-state index contributed by atoms with van der Waals surface area (Å²) in [7, 11) is 0. The molecule has 2 amide bonds. The van der Waals surface area contributed by atoms with E-state index >= 15 is 0 Å². The lowest BCUT2D eigenvalue weighted by Gasteiger charge is -2.24. The molecule has 3 heterocycles. The topological polar surface area (TPSA) is 119 Å². The first kappa shape index (κ1) is 27.6. The second kappa shape index (κ2) is 10.0. The van der Waals surface area contributed by atoms with E-state index in [1.165, 1.54) is 25.1 Å². The van der Waals surface area contributed by atoms with Crippen LogP contribution in [0.2, 0.25) is 0 Å². The summed E-state index contributed by atoms with van der Waals surface area (Å²) < 4.78 is 68.9. The maximum atomic E-state index is 14.5. The highest BCUT2D eigenvalue weighted by Gasteiger charge is 2.47. The van der Waals surface area contributed by atoms with Crippen LogP contribution in [0.15, 0.2) is 54.7 Å². The molecule has 42 heavy (non-hydrogen) atoms. The lowest BCUT2D eigenvalue weighted by Crippen LogP contribution is -2.40. The quantitative estimate of drug-likeness (QED) is 0.249. The lowest BCUT2D eigenvalue weighted by molar-refractivity contribution is -0.149. The fraction of sp³-hybridized carbons (Fsp3) is 0.300. The summed E-state index contributed by atoms with van der Waals surface area (Å²) >= 11 is 0. The van der Waals surface area contributed by atoms with Gasteiger partial charge < -0.3 is 25.5 Å². The smallest absolute Gasteiger partial charge is 0.398 e. The second-order valence-electron chi connectivity index (χ2n) is 10.8. The number of amides is 2. The fourth-order valence-electron chi connectivity index (χ4n) is 5.00. The molecule has 6 rings (SSSR count). The summed E-state index contributed by atoms with van der Waals surface area (Å²) in [6.07, 6.45) is -1.32. The highest BCUT2D eigenvalue weighted by Crippen LogP contribution is 2.46. The van der Waals surface area contributed by atoms with E-state index < -0.39 is 47.4 Å². The number of pyridine rings is 1. The Morgan fingerprint density at radius 1 is 1.19 bits per heavy atom. The SMILES string of the molecule is C[C@]1(C(N)=O)COc2c1cc([C@@H](CNC(=O)c1cc(OC3CC3)c3[nH]ccc3c1)C(F)(F)F)nc2-c1ccc(F)cc1. The van der Waals surface area contributed by atoms with Crippen molar-refractivity contribution in [2.75, 3.05) is 13.2 Å². The molecule has 4 aromatic rings. The Morgan fingerprint density at radius 2 is 1.93 bits per heavy atom. The van der Waals surface area contributed by atoms with Gasteiger partial charge in [-0.05, 0) is 68.3 Å². The number of halogens is 4. The number of nitrogens with one attached hydrogen (secondary N) is 2. The molecule has 2 atom stereocenters. The predicted molar refractivity (Wildman–Crippen MR) is 145 cm³/mol.